The number of rotatable bonds is 5. The second-order valence-corrected chi connectivity index (χ2v) is 6.97. The van der Waals surface area contributed by atoms with E-state index in [0.717, 1.165) is 26.2 Å². The predicted molar refractivity (Wildman–Crippen MR) is 115 cm³/mol. The number of anilines is 1. The van der Waals surface area contributed by atoms with Gasteiger partial charge >= 0.3 is 0 Å². The first-order valence-corrected chi connectivity index (χ1v) is 9.73. The maximum absolute atomic E-state index is 12.5. The molecule has 0 unspecified atom stereocenters. The summed E-state index contributed by atoms with van der Waals surface area (Å²) < 4.78 is 0. The van der Waals surface area contributed by atoms with E-state index in [9.17, 15) is 4.79 Å². The molecule has 6 nitrogen and oxygen atoms in total. The van der Waals surface area contributed by atoms with E-state index in [-0.39, 0.29) is 12.5 Å². The van der Waals surface area contributed by atoms with Gasteiger partial charge in [-0.2, -0.15) is 0 Å². The number of nitrogens with zero attached hydrogens (tertiary/aromatic N) is 3. The molecule has 0 aromatic heterocycles. The lowest BCUT2D eigenvalue weighted by atomic mass is 10.1. The highest BCUT2D eigenvalue weighted by Gasteiger charge is 2.21. The summed E-state index contributed by atoms with van der Waals surface area (Å²) >= 11 is 0. The van der Waals surface area contributed by atoms with Crippen LogP contribution in [-0.2, 0) is 11.3 Å². The van der Waals surface area contributed by atoms with Gasteiger partial charge in [0.2, 0.25) is 5.91 Å². The molecule has 1 amide bonds. The van der Waals surface area contributed by atoms with Gasteiger partial charge in [0, 0.05) is 45.5 Å². The predicted octanol–water partition coefficient (Wildman–Crippen LogP) is 2.01. The number of hydrogen-bond acceptors (Lipinski definition) is 3. The second-order valence-electron chi connectivity index (χ2n) is 6.97. The number of carbonyl (C=O) groups excluding carboxylic acids is 1. The number of nitrogens with one attached hydrogen (secondary N) is 2. The van der Waals surface area contributed by atoms with Crippen LogP contribution in [0.25, 0.3) is 0 Å². The molecular formula is C22H29N5O. The van der Waals surface area contributed by atoms with Crippen LogP contribution < -0.4 is 15.5 Å². The number of hydrogen-bond donors (Lipinski definition) is 2. The Bertz CT molecular complexity index is 780. The maximum atomic E-state index is 12.5. The largest absolute Gasteiger partial charge is 0.368 e. The molecule has 28 heavy (non-hydrogen) atoms. The van der Waals surface area contributed by atoms with Crippen molar-refractivity contribution in [3.8, 4) is 0 Å². The van der Waals surface area contributed by atoms with E-state index in [2.05, 4.69) is 63.8 Å². The van der Waals surface area contributed by atoms with Crippen LogP contribution in [-0.4, -0.2) is 56.5 Å². The normalized spacial score (nSPS) is 14.7. The van der Waals surface area contributed by atoms with Crippen molar-refractivity contribution in [3.05, 3.63) is 65.7 Å². The Balaban J connectivity index is 1.41. The van der Waals surface area contributed by atoms with Crippen molar-refractivity contribution in [2.24, 2.45) is 4.99 Å². The molecule has 1 saturated heterocycles. The number of piperazine rings is 1. The topological polar surface area (TPSA) is 60.0 Å². The van der Waals surface area contributed by atoms with E-state index in [4.69, 9.17) is 0 Å². The lowest BCUT2D eigenvalue weighted by molar-refractivity contribution is -0.130. The average Bonchev–Trinajstić information content (AvgIpc) is 2.75. The van der Waals surface area contributed by atoms with Gasteiger partial charge in [-0.25, -0.2) is 0 Å². The Morgan fingerprint density at radius 2 is 1.64 bits per heavy atom. The molecule has 0 radical (unpaired) electrons. The van der Waals surface area contributed by atoms with Crippen LogP contribution in [0, 0.1) is 6.92 Å². The first-order chi connectivity index (χ1) is 13.7. The maximum Gasteiger partial charge on any atom is 0.242 e. The molecule has 1 aliphatic heterocycles. The number of aryl methyl sites for hydroxylation is 1. The number of carbonyl (C=O) groups is 1. The number of benzene rings is 2. The summed E-state index contributed by atoms with van der Waals surface area (Å²) in [5, 5.41) is 6.38. The quantitative estimate of drug-likeness (QED) is 0.616. The van der Waals surface area contributed by atoms with Gasteiger partial charge in [-0.05, 0) is 24.6 Å². The number of amides is 1. The van der Waals surface area contributed by atoms with Crippen molar-refractivity contribution in [1.29, 1.82) is 0 Å². The summed E-state index contributed by atoms with van der Waals surface area (Å²) in [6.07, 6.45) is 0. The Morgan fingerprint density at radius 1 is 0.964 bits per heavy atom. The summed E-state index contributed by atoms with van der Waals surface area (Å²) in [5.74, 6) is 0.739. The Kier molecular flexibility index (Phi) is 6.89. The van der Waals surface area contributed by atoms with Crippen LogP contribution in [0.1, 0.15) is 11.1 Å². The van der Waals surface area contributed by atoms with Crippen molar-refractivity contribution in [3.63, 3.8) is 0 Å². The fourth-order valence-electron chi connectivity index (χ4n) is 3.24. The number of guanidine groups is 1. The van der Waals surface area contributed by atoms with Gasteiger partial charge < -0.3 is 20.4 Å². The van der Waals surface area contributed by atoms with Gasteiger partial charge in [0.1, 0.15) is 0 Å². The molecular weight excluding hydrogens is 350 g/mol. The highest BCUT2D eigenvalue weighted by Crippen LogP contribution is 2.15. The summed E-state index contributed by atoms with van der Waals surface area (Å²) in [6, 6.07) is 18.7. The molecule has 1 aliphatic rings. The van der Waals surface area contributed by atoms with Gasteiger partial charge in [-0.3, -0.25) is 9.79 Å². The molecule has 2 aromatic rings. The Morgan fingerprint density at radius 3 is 2.29 bits per heavy atom. The van der Waals surface area contributed by atoms with Gasteiger partial charge in [-0.15, -0.1) is 0 Å². The lowest BCUT2D eigenvalue weighted by Gasteiger charge is -2.36. The number of para-hydroxylation sites is 1. The third kappa shape index (κ3) is 5.49. The Labute approximate surface area is 167 Å². The molecule has 148 valence electrons. The van der Waals surface area contributed by atoms with Gasteiger partial charge in [0.05, 0.1) is 6.54 Å². The fraction of sp³-hybridized carbons (Fsp3) is 0.364. The minimum absolute atomic E-state index is 0.103. The first kappa shape index (κ1) is 19.7. The molecule has 0 spiro atoms. The van der Waals surface area contributed by atoms with Crippen LogP contribution in [0.3, 0.4) is 0 Å². The van der Waals surface area contributed by atoms with Crippen molar-refractivity contribution in [2.75, 3.05) is 44.7 Å². The lowest BCUT2D eigenvalue weighted by Crippen LogP contribution is -2.52. The first-order valence-electron chi connectivity index (χ1n) is 9.73. The standard InChI is InChI=1S/C22H29N5O/c1-18-8-10-19(11-9-18)16-24-22(23-2)25-17-21(28)27-14-12-26(13-15-27)20-6-4-3-5-7-20/h3-11H,12-17H2,1-2H3,(H2,23,24,25). The summed E-state index contributed by atoms with van der Waals surface area (Å²) in [4.78, 5) is 21.0. The van der Waals surface area contributed by atoms with Gasteiger partial charge in [0.25, 0.3) is 0 Å². The molecule has 0 aliphatic carbocycles. The highest BCUT2D eigenvalue weighted by atomic mass is 16.2. The zero-order valence-corrected chi connectivity index (χ0v) is 16.7. The average molecular weight is 380 g/mol. The molecule has 0 saturated carbocycles. The van der Waals surface area contributed by atoms with Crippen molar-refractivity contribution in [1.82, 2.24) is 15.5 Å². The zero-order chi connectivity index (χ0) is 19.8. The molecule has 1 heterocycles. The molecule has 3 rings (SSSR count). The molecule has 0 atom stereocenters. The van der Waals surface area contributed by atoms with Crippen LogP contribution in [0.2, 0.25) is 0 Å². The molecule has 6 heteroatoms. The van der Waals surface area contributed by atoms with E-state index < -0.39 is 0 Å². The third-order valence-electron chi connectivity index (χ3n) is 4.96. The van der Waals surface area contributed by atoms with Crippen LogP contribution in [0.15, 0.2) is 59.6 Å². The zero-order valence-electron chi connectivity index (χ0n) is 16.7. The summed E-state index contributed by atoms with van der Waals surface area (Å²) in [7, 11) is 1.72. The van der Waals surface area contributed by atoms with Gasteiger partial charge in [0.15, 0.2) is 5.96 Å². The fourth-order valence-corrected chi connectivity index (χ4v) is 3.24. The summed E-state index contributed by atoms with van der Waals surface area (Å²) in [5.41, 5.74) is 3.63. The molecule has 2 N–H and O–H groups in total. The van der Waals surface area contributed by atoms with E-state index in [1.165, 1.54) is 16.8 Å². The van der Waals surface area contributed by atoms with E-state index in [0.29, 0.717) is 12.5 Å². The van der Waals surface area contributed by atoms with Crippen molar-refractivity contribution in [2.45, 2.75) is 13.5 Å². The van der Waals surface area contributed by atoms with E-state index in [1.54, 1.807) is 7.05 Å². The van der Waals surface area contributed by atoms with Crippen molar-refractivity contribution < 1.29 is 4.79 Å². The molecule has 2 aromatic carbocycles. The number of aliphatic imine (C=N–C) groups is 1. The molecule has 1 fully saturated rings. The van der Waals surface area contributed by atoms with Gasteiger partial charge in [-0.1, -0.05) is 48.0 Å². The minimum Gasteiger partial charge on any atom is -0.368 e. The second kappa shape index (κ2) is 9.78. The van der Waals surface area contributed by atoms with Crippen LogP contribution >= 0.6 is 0 Å². The summed E-state index contributed by atoms with van der Waals surface area (Å²) in [6.45, 7) is 6.19. The van der Waals surface area contributed by atoms with Crippen molar-refractivity contribution >= 4 is 17.6 Å². The highest BCUT2D eigenvalue weighted by molar-refractivity contribution is 5.86. The smallest absolute Gasteiger partial charge is 0.242 e. The Hall–Kier alpha value is -3.02. The van der Waals surface area contributed by atoms with E-state index in [1.807, 2.05) is 23.1 Å². The van der Waals surface area contributed by atoms with Crippen LogP contribution in [0.4, 0.5) is 5.69 Å². The third-order valence-corrected chi connectivity index (χ3v) is 4.96. The molecule has 0 bridgehead atoms. The minimum atomic E-state index is 0.103. The van der Waals surface area contributed by atoms with Crippen LogP contribution in [0.5, 0.6) is 0 Å². The SMILES string of the molecule is CN=C(NCC(=O)N1CCN(c2ccccc2)CC1)NCc1ccc(C)cc1. The monoisotopic (exact) mass is 379 g/mol. The van der Waals surface area contributed by atoms with E-state index >= 15 is 0 Å².